The number of hydrogen-bond acceptors (Lipinski definition) is 3. The molecule has 2 fully saturated rings. The number of amides is 1. The molecule has 2 aliphatic rings. The van der Waals surface area contributed by atoms with E-state index in [1.807, 2.05) is 11.8 Å². The minimum atomic E-state index is 0. The van der Waals surface area contributed by atoms with Crippen LogP contribution < -0.4 is 5.32 Å². The highest BCUT2D eigenvalue weighted by molar-refractivity contribution is 5.85. The van der Waals surface area contributed by atoms with E-state index in [0.29, 0.717) is 13.0 Å². The second-order valence-corrected chi connectivity index (χ2v) is 3.97. The Hall–Kier alpha value is -0.320. The molecule has 2 aliphatic heterocycles. The number of hydrogen-bond donors (Lipinski definition) is 1. The smallest absolute Gasteiger partial charge is 0.223 e. The number of fused-ring (bicyclic) bond motifs is 1. The van der Waals surface area contributed by atoms with E-state index in [1.165, 1.54) is 0 Å². The average Bonchev–Trinajstić information content (AvgIpc) is 2.65. The molecule has 0 saturated carbocycles. The van der Waals surface area contributed by atoms with Crippen LogP contribution in [0.2, 0.25) is 0 Å². The Balaban J connectivity index is 0.00000112. The summed E-state index contributed by atoms with van der Waals surface area (Å²) in [5.41, 5.74) is 0. The first-order chi connectivity index (χ1) is 6.83. The number of ether oxygens (including phenoxy) is 1. The zero-order valence-electron chi connectivity index (χ0n) is 9.07. The van der Waals surface area contributed by atoms with Gasteiger partial charge in [-0.25, -0.2) is 0 Å². The molecule has 0 unspecified atom stereocenters. The van der Waals surface area contributed by atoms with Crippen molar-refractivity contribution in [1.29, 1.82) is 0 Å². The molecular formula is C10H19ClN2O2. The predicted octanol–water partition coefficient (Wildman–Crippen LogP) is 0.408. The maximum absolute atomic E-state index is 11.8. The van der Waals surface area contributed by atoms with Gasteiger partial charge in [-0.15, -0.1) is 12.4 Å². The van der Waals surface area contributed by atoms with E-state index in [-0.39, 0.29) is 30.5 Å². The maximum Gasteiger partial charge on any atom is 0.223 e. The molecule has 88 valence electrons. The topological polar surface area (TPSA) is 41.6 Å². The van der Waals surface area contributed by atoms with Gasteiger partial charge in [0.25, 0.3) is 0 Å². The molecule has 4 nitrogen and oxygen atoms in total. The van der Waals surface area contributed by atoms with Crippen LogP contribution in [0.5, 0.6) is 0 Å². The van der Waals surface area contributed by atoms with Gasteiger partial charge >= 0.3 is 0 Å². The molecular weight excluding hydrogens is 216 g/mol. The second-order valence-electron chi connectivity index (χ2n) is 3.97. The number of rotatable bonds is 2. The lowest BCUT2D eigenvalue weighted by Gasteiger charge is -2.37. The highest BCUT2D eigenvalue weighted by Gasteiger charge is 2.37. The van der Waals surface area contributed by atoms with Crippen molar-refractivity contribution in [1.82, 2.24) is 10.2 Å². The minimum Gasteiger partial charge on any atom is -0.373 e. The Morgan fingerprint density at radius 1 is 1.53 bits per heavy atom. The first-order valence-corrected chi connectivity index (χ1v) is 5.44. The Labute approximate surface area is 96.7 Å². The number of nitrogens with zero attached hydrogens (tertiary/aromatic N) is 1. The first kappa shape index (κ1) is 12.7. The second kappa shape index (κ2) is 5.68. The summed E-state index contributed by atoms with van der Waals surface area (Å²) in [6.07, 6.45) is 1.83. The fourth-order valence-electron chi connectivity index (χ4n) is 2.26. The normalized spacial score (nSPS) is 29.5. The Morgan fingerprint density at radius 2 is 2.33 bits per heavy atom. The number of carbonyl (C=O) groups excluding carboxylic acids is 1. The van der Waals surface area contributed by atoms with Crippen molar-refractivity contribution in [2.75, 3.05) is 26.2 Å². The van der Waals surface area contributed by atoms with Crippen molar-refractivity contribution in [3.8, 4) is 0 Å². The average molecular weight is 235 g/mol. The molecule has 0 aromatic carbocycles. The third-order valence-electron chi connectivity index (χ3n) is 2.98. The molecule has 1 amide bonds. The van der Waals surface area contributed by atoms with E-state index in [1.54, 1.807) is 0 Å². The molecule has 0 aliphatic carbocycles. The highest BCUT2D eigenvalue weighted by Crippen LogP contribution is 2.18. The monoisotopic (exact) mass is 234 g/mol. The largest absolute Gasteiger partial charge is 0.373 e. The molecule has 0 spiro atoms. The molecule has 0 aromatic heterocycles. The van der Waals surface area contributed by atoms with Crippen molar-refractivity contribution in [2.45, 2.75) is 31.9 Å². The minimum absolute atomic E-state index is 0. The van der Waals surface area contributed by atoms with Gasteiger partial charge in [-0.2, -0.15) is 0 Å². The zero-order valence-corrected chi connectivity index (χ0v) is 9.89. The quantitative estimate of drug-likeness (QED) is 0.753. The van der Waals surface area contributed by atoms with Crippen molar-refractivity contribution in [3.63, 3.8) is 0 Å². The summed E-state index contributed by atoms with van der Waals surface area (Å²) < 4.78 is 5.60. The summed E-state index contributed by atoms with van der Waals surface area (Å²) in [7, 11) is 0. The number of nitrogens with one attached hydrogen (secondary N) is 1. The van der Waals surface area contributed by atoms with Crippen molar-refractivity contribution >= 4 is 18.3 Å². The molecule has 2 atom stereocenters. The van der Waals surface area contributed by atoms with E-state index in [0.717, 1.165) is 26.1 Å². The highest BCUT2D eigenvalue weighted by atomic mass is 35.5. The molecule has 2 rings (SSSR count). The molecule has 2 heterocycles. The fourth-order valence-corrected chi connectivity index (χ4v) is 2.26. The van der Waals surface area contributed by atoms with Crippen LogP contribution in [0.1, 0.15) is 19.8 Å². The van der Waals surface area contributed by atoms with Gasteiger partial charge in [0.1, 0.15) is 0 Å². The molecule has 0 aromatic rings. The van der Waals surface area contributed by atoms with Gasteiger partial charge in [0.15, 0.2) is 0 Å². The predicted molar refractivity (Wildman–Crippen MR) is 60.3 cm³/mol. The van der Waals surface area contributed by atoms with Gasteiger partial charge < -0.3 is 15.0 Å². The van der Waals surface area contributed by atoms with Crippen molar-refractivity contribution < 1.29 is 9.53 Å². The van der Waals surface area contributed by atoms with Gasteiger partial charge in [0, 0.05) is 26.1 Å². The van der Waals surface area contributed by atoms with E-state index in [9.17, 15) is 4.79 Å². The van der Waals surface area contributed by atoms with Crippen LogP contribution in [-0.2, 0) is 9.53 Å². The van der Waals surface area contributed by atoms with Crippen LogP contribution >= 0.6 is 12.4 Å². The standard InChI is InChI=1S/C10H18N2O2.ClH/c1-2-3-10(13)12-4-5-14-9-7-11-6-8(9)12;/h8-9,11H,2-7H2,1H3;1H/t8-,9+;/m1./s1. The Bertz CT molecular complexity index is 225. The third-order valence-corrected chi connectivity index (χ3v) is 2.98. The van der Waals surface area contributed by atoms with Crippen LogP contribution in [-0.4, -0.2) is 49.2 Å². The Morgan fingerprint density at radius 3 is 3.07 bits per heavy atom. The van der Waals surface area contributed by atoms with Crippen LogP contribution in [0.15, 0.2) is 0 Å². The van der Waals surface area contributed by atoms with Crippen molar-refractivity contribution in [2.24, 2.45) is 0 Å². The van der Waals surface area contributed by atoms with Gasteiger partial charge in [-0.05, 0) is 6.42 Å². The molecule has 0 bridgehead atoms. The summed E-state index contributed by atoms with van der Waals surface area (Å²) in [4.78, 5) is 13.8. The van der Waals surface area contributed by atoms with Gasteiger partial charge in [0.2, 0.25) is 5.91 Å². The lowest BCUT2D eigenvalue weighted by Crippen LogP contribution is -2.53. The zero-order chi connectivity index (χ0) is 9.97. The summed E-state index contributed by atoms with van der Waals surface area (Å²) in [6, 6.07) is 0.280. The van der Waals surface area contributed by atoms with Crippen LogP contribution in [0.3, 0.4) is 0 Å². The van der Waals surface area contributed by atoms with E-state index in [2.05, 4.69) is 5.32 Å². The van der Waals surface area contributed by atoms with E-state index >= 15 is 0 Å². The number of halogens is 1. The van der Waals surface area contributed by atoms with Gasteiger partial charge in [-0.3, -0.25) is 4.79 Å². The van der Waals surface area contributed by atoms with Crippen LogP contribution in [0, 0.1) is 0 Å². The summed E-state index contributed by atoms with van der Waals surface area (Å²) >= 11 is 0. The van der Waals surface area contributed by atoms with E-state index < -0.39 is 0 Å². The molecule has 1 N–H and O–H groups in total. The summed E-state index contributed by atoms with van der Waals surface area (Å²) in [6.45, 7) is 5.28. The van der Waals surface area contributed by atoms with Gasteiger partial charge in [0.05, 0.1) is 18.8 Å². The molecule has 15 heavy (non-hydrogen) atoms. The lowest BCUT2D eigenvalue weighted by molar-refractivity contribution is -0.142. The van der Waals surface area contributed by atoms with Crippen molar-refractivity contribution in [3.05, 3.63) is 0 Å². The number of carbonyl (C=O) groups is 1. The third kappa shape index (κ3) is 2.62. The fraction of sp³-hybridized carbons (Fsp3) is 0.900. The van der Waals surface area contributed by atoms with Crippen LogP contribution in [0.4, 0.5) is 0 Å². The SMILES string of the molecule is CCCC(=O)N1CCO[C@H]2CNC[C@H]21.Cl. The van der Waals surface area contributed by atoms with Gasteiger partial charge in [-0.1, -0.05) is 6.92 Å². The summed E-state index contributed by atoms with van der Waals surface area (Å²) in [5, 5.41) is 3.27. The van der Waals surface area contributed by atoms with E-state index in [4.69, 9.17) is 4.74 Å². The molecule has 2 saturated heterocycles. The lowest BCUT2D eigenvalue weighted by atomic mass is 10.1. The summed E-state index contributed by atoms with van der Waals surface area (Å²) in [5.74, 6) is 0.287. The molecule has 0 radical (unpaired) electrons. The number of morpholine rings is 1. The molecule has 5 heteroatoms. The van der Waals surface area contributed by atoms with Crippen LogP contribution in [0.25, 0.3) is 0 Å². The maximum atomic E-state index is 11.8. The Kier molecular flexibility index (Phi) is 4.83. The first-order valence-electron chi connectivity index (χ1n) is 5.44.